The highest BCUT2D eigenvalue weighted by atomic mass is 32.2. The molecule has 3 rings (SSSR count). The lowest BCUT2D eigenvalue weighted by Crippen LogP contribution is -2.41. The molecule has 0 N–H and O–H groups in total. The van der Waals surface area contributed by atoms with Crippen molar-refractivity contribution < 1.29 is 9.53 Å². The van der Waals surface area contributed by atoms with Crippen molar-refractivity contribution in [2.24, 2.45) is 7.05 Å². The topological polar surface area (TPSA) is 60.2 Å². The van der Waals surface area contributed by atoms with Crippen molar-refractivity contribution in [3.8, 4) is 0 Å². The van der Waals surface area contributed by atoms with Gasteiger partial charge in [-0.2, -0.15) is 0 Å². The molecule has 2 aliphatic rings. The third-order valence-electron chi connectivity index (χ3n) is 4.53. The van der Waals surface area contributed by atoms with Crippen LogP contribution >= 0.6 is 11.8 Å². The Kier molecular flexibility index (Phi) is 5.36. The van der Waals surface area contributed by atoms with Gasteiger partial charge in [0.1, 0.15) is 5.82 Å². The van der Waals surface area contributed by atoms with Gasteiger partial charge in [0.15, 0.2) is 5.16 Å². The maximum absolute atomic E-state index is 12.2. The van der Waals surface area contributed by atoms with Crippen LogP contribution in [-0.4, -0.2) is 57.6 Å². The zero-order valence-electron chi connectivity index (χ0n) is 13.2. The molecule has 1 aromatic heterocycles. The van der Waals surface area contributed by atoms with E-state index < -0.39 is 0 Å². The van der Waals surface area contributed by atoms with Crippen LogP contribution in [0.15, 0.2) is 5.16 Å². The van der Waals surface area contributed by atoms with Gasteiger partial charge < -0.3 is 14.2 Å². The van der Waals surface area contributed by atoms with E-state index in [1.165, 1.54) is 43.9 Å². The van der Waals surface area contributed by atoms with Crippen molar-refractivity contribution in [2.75, 3.05) is 32.1 Å². The average molecular weight is 324 g/mol. The lowest BCUT2D eigenvalue weighted by atomic mass is 9.89. The number of hydrogen-bond acceptors (Lipinski definition) is 5. The molecule has 22 heavy (non-hydrogen) atoms. The Morgan fingerprint density at radius 1 is 1.23 bits per heavy atom. The molecule has 122 valence electrons. The lowest BCUT2D eigenvalue weighted by molar-refractivity contribution is -0.132. The molecule has 1 aromatic rings. The molecule has 0 aromatic carbocycles. The van der Waals surface area contributed by atoms with E-state index in [9.17, 15) is 4.79 Å². The first kappa shape index (κ1) is 15.8. The van der Waals surface area contributed by atoms with Gasteiger partial charge in [0.25, 0.3) is 0 Å². The molecule has 0 bridgehead atoms. The molecular weight excluding hydrogens is 300 g/mol. The van der Waals surface area contributed by atoms with Crippen molar-refractivity contribution in [2.45, 2.75) is 43.2 Å². The van der Waals surface area contributed by atoms with E-state index in [-0.39, 0.29) is 5.91 Å². The Balaban J connectivity index is 1.56. The number of carbonyl (C=O) groups is 1. The van der Waals surface area contributed by atoms with Crippen LogP contribution in [0.4, 0.5) is 0 Å². The third-order valence-corrected chi connectivity index (χ3v) is 5.53. The van der Waals surface area contributed by atoms with E-state index in [0.717, 1.165) is 11.0 Å². The highest BCUT2D eigenvalue weighted by Gasteiger charge is 2.23. The van der Waals surface area contributed by atoms with E-state index in [1.54, 1.807) is 0 Å². The first-order valence-electron chi connectivity index (χ1n) is 8.13. The summed E-state index contributed by atoms with van der Waals surface area (Å²) in [6, 6.07) is 0. The minimum atomic E-state index is 0.163. The largest absolute Gasteiger partial charge is 0.378 e. The second-order valence-electron chi connectivity index (χ2n) is 6.02. The maximum atomic E-state index is 12.2. The number of hydrogen-bond donors (Lipinski definition) is 0. The highest BCUT2D eigenvalue weighted by molar-refractivity contribution is 7.99. The highest BCUT2D eigenvalue weighted by Crippen LogP contribution is 2.32. The average Bonchev–Trinajstić information content (AvgIpc) is 2.95. The molecule has 0 radical (unpaired) electrons. The Bertz CT molecular complexity index is 508. The second-order valence-corrected chi connectivity index (χ2v) is 6.96. The predicted octanol–water partition coefficient (Wildman–Crippen LogP) is 1.81. The summed E-state index contributed by atoms with van der Waals surface area (Å²) in [5.41, 5.74) is 0. The Morgan fingerprint density at radius 2 is 1.95 bits per heavy atom. The van der Waals surface area contributed by atoms with Crippen molar-refractivity contribution in [1.82, 2.24) is 19.7 Å². The molecule has 1 amide bonds. The van der Waals surface area contributed by atoms with Gasteiger partial charge in [0, 0.05) is 26.1 Å². The zero-order chi connectivity index (χ0) is 15.4. The van der Waals surface area contributed by atoms with Crippen LogP contribution in [0.1, 0.15) is 43.8 Å². The van der Waals surface area contributed by atoms with Crippen molar-refractivity contribution in [3.05, 3.63) is 5.82 Å². The van der Waals surface area contributed by atoms with Gasteiger partial charge in [-0.05, 0) is 12.8 Å². The smallest absolute Gasteiger partial charge is 0.233 e. The minimum absolute atomic E-state index is 0.163. The number of amides is 1. The number of morpholine rings is 1. The van der Waals surface area contributed by atoms with Crippen molar-refractivity contribution in [3.63, 3.8) is 0 Å². The summed E-state index contributed by atoms with van der Waals surface area (Å²) >= 11 is 1.49. The van der Waals surface area contributed by atoms with Gasteiger partial charge >= 0.3 is 0 Å². The molecule has 1 aliphatic heterocycles. The van der Waals surface area contributed by atoms with Crippen LogP contribution in [0.3, 0.4) is 0 Å². The molecule has 1 aliphatic carbocycles. The molecule has 0 unspecified atom stereocenters. The zero-order valence-corrected chi connectivity index (χ0v) is 14.0. The quantitative estimate of drug-likeness (QED) is 0.791. The Labute approximate surface area is 135 Å². The fraction of sp³-hybridized carbons (Fsp3) is 0.800. The van der Waals surface area contributed by atoms with Crippen LogP contribution in [0.25, 0.3) is 0 Å². The first-order valence-corrected chi connectivity index (χ1v) is 9.12. The fourth-order valence-electron chi connectivity index (χ4n) is 3.20. The number of aromatic nitrogens is 3. The van der Waals surface area contributed by atoms with Gasteiger partial charge in [-0.25, -0.2) is 0 Å². The Hall–Kier alpha value is -1.08. The first-order chi connectivity index (χ1) is 10.8. The second kappa shape index (κ2) is 7.46. The SMILES string of the molecule is Cn1c(SCC(=O)N2CCOCC2)nnc1C1CCCCC1. The van der Waals surface area contributed by atoms with Gasteiger partial charge in [-0.1, -0.05) is 31.0 Å². The van der Waals surface area contributed by atoms with Crippen LogP contribution < -0.4 is 0 Å². The molecule has 1 saturated carbocycles. The molecule has 0 atom stereocenters. The van der Waals surface area contributed by atoms with E-state index in [2.05, 4.69) is 14.8 Å². The molecule has 2 fully saturated rings. The standard InChI is InChI=1S/C15H24N4O2S/c1-18-14(12-5-3-2-4-6-12)16-17-15(18)22-11-13(20)19-7-9-21-10-8-19/h12H,2-11H2,1H3. The molecule has 1 saturated heterocycles. The molecule has 0 spiro atoms. The van der Waals surface area contributed by atoms with E-state index in [4.69, 9.17) is 4.74 Å². The summed E-state index contributed by atoms with van der Waals surface area (Å²) in [4.78, 5) is 14.1. The summed E-state index contributed by atoms with van der Waals surface area (Å²) in [5, 5.41) is 9.51. The number of carbonyl (C=O) groups excluding carboxylic acids is 1. The number of nitrogens with zero attached hydrogens (tertiary/aromatic N) is 4. The van der Waals surface area contributed by atoms with Gasteiger partial charge in [-0.15, -0.1) is 10.2 Å². The van der Waals surface area contributed by atoms with Crippen molar-refractivity contribution in [1.29, 1.82) is 0 Å². The van der Waals surface area contributed by atoms with Crippen LogP contribution in [-0.2, 0) is 16.6 Å². The lowest BCUT2D eigenvalue weighted by Gasteiger charge is -2.26. The van der Waals surface area contributed by atoms with E-state index in [1.807, 2.05) is 11.9 Å². The Morgan fingerprint density at radius 3 is 2.68 bits per heavy atom. The fourth-order valence-corrected chi connectivity index (χ4v) is 4.02. The summed E-state index contributed by atoms with van der Waals surface area (Å²) < 4.78 is 7.35. The summed E-state index contributed by atoms with van der Waals surface area (Å²) in [6.07, 6.45) is 6.34. The van der Waals surface area contributed by atoms with Crippen molar-refractivity contribution >= 4 is 17.7 Å². The summed E-state index contributed by atoms with van der Waals surface area (Å²) in [5.74, 6) is 2.21. The summed E-state index contributed by atoms with van der Waals surface area (Å²) in [6.45, 7) is 2.69. The normalized spacial score (nSPS) is 20.3. The monoisotopic (exact) mass is 324 g/mol. The third kappa shape index (κ3) is 3.63. The molecule has 7 heteroatoms. The van der Waals surface area contributed by atoms with Crippen LogP contribution in [0.2, 0.25) is 0 Å². The maximum Gasteiger partial charge on any atom is 0.233 e. The number of ether oxygens (including phenoxy) is 1. The van der Waals surface area contributed by atoms with Crippen LogP contribution in [0.5, 0.6) is 0 Å². The van der Waals surface area contributed by atoms with Crippen LogP contribution in [0, 0.1) is 0 Å². The molecule has 2 heterocycles. The predicted molar refractivity (Wildman–Crippen MR) is 85.0 cm³/mol. The molecule has 6 nitrogen and oxygen atoms in total. The van der Waals surface area contributed by atoms with Gasteiger partial charge in [0.05, 0.1) is 19.0 Å². The summed E-state index contributed by atoms with van der Waals surface area (Å²) in [7, 11) is 2.02. The number of thioether (sulfide) groups is 1. The number of rotatable bonds is 4. The van der Waals surface area contributed by atoms with E-state index >= 15 is 0 Å². The van der Waals surface area contributed by atoms with Gasteiger partial charge in [-0.3, -0.25) is 4.79 Å². The van der Waals surface area contributed by atoms with Gasteiger partial charge in [0.2, 0.25) is 5.91 Å². The van der Waals surface area contributed by atoms with E-state index in [0.29, 0.717) is 38.0 Å². The molecular formula is C15H24N4O2S. The minimum Gasteiger partial charge on any atom is -0.378 e.